The summed E-state index contributed by atoms with van der Waals surface area (Å²) in [5.74, 6) is -0.619. The van der Waals surface area contributed by atoms with Crippen LogP contribution < -0.4 is 10.1 Å². The SMILES string of the molecule is CC(C(=O)Nc1ccc(OC(F)(F)F)cc1)N1CCCC(O)C1. The zero-order valence-corrected chi connectivity index (χ0v) is 12.6. The number of hydrogen-bond donors (Lipinski definition) is 2. The molecule has 1 saturated heterocycles. The van der Waals surface area contributed by atoms with Crippen molar-refractivity contribution >= 4 is 11.6 Å². The largest absolute Gasteiger partial charge is 0.573 e. The highest BCUT2D eigenvalue weighted by Crippen LogP contribution is 2.24. The zero-order valence-electron chi connectivity index (χ0n) is 12.6. The second-order valence-corrected chi connectivity index (χ2v) is 5.53. The topological polar surface area (TPSA) is 61.8 Å². The number of anilines is 1. The van der Waals surface area contributed by atoms with Crippen LogP contribution in [0.25, 0.3) is 0 Å². The number of nitrogens with one attached hydrogen (secondary N) is 1. The van der Waals surface area contributed by atoms with Crippen LogP contribution in [0.1, 0.15) is 19.8 Å². The van der Waals surface area contributed by atoms with Gasteiger partial charge in [0.1, 0.15) is 5.75 Å². The maximum absolute atomic E-state index is 12.2. The summed E-state index contributed by atoms with van der Waals surface area (Å²) in [4.78, 5) is 14.1. The van der Waals surface area contributed by atoms with E-state index in [9.17, 15) is 23.1 Å². The molecule has 128 valence electrons. The van der Waals surface area contributed by atoms with Crippen LogP contribution in [0.3, 0.4) is 0 Å². The molecule has 1 aromatic carbocycles. The molecular formula is C15H19F3N2O3. The zero-order chi connectivity index (χ0) is 17.0. The van der Waals surface area contributed by atoms with Gasteiger partial charge in [-0.3, -0.25) is 9.69 Å². The first-order valence-corrected chi connectivity index (χ1v) is 7.33. The molecule has 0 aliphatic carbocycles. The number of carbonyl (C=O) groups is 1. The molecule has 1 aliphatic rings. The number of ether oxygens (including phenoxy) is 1. The van der Waals surface area contributed by atoms with Gasteiger partial charge < -0.3 is 15.2 Å². The van der Waals surface area contributed by atoms with E-state index < -0.39 is 18.5 Å². The second-order valence-electron chi connectivity index (χ2n) is 5.53. The van der Waals surface area contributed by atoms with Crippen molar-refractivity contribution in [3.63, 3.8) is 0 Å². The summed E-state index contributed by atoms with van der Waals surface area (Å²) in [7, 11) is 0. The average molecular weight is 332 g/mol. The molecule has 2 atom stereocenters. The van der Waals surface area contributed by atoms with Gasteiger partial charge in [0.15, 0.2) is 0 Å². The van der Waals surface area contributed by atoms with Gasteiger partial charge in [-0.25, -0.2) is 0 Å². The first kappa shape index (κ1) is 17.6. The predicted octanol–water partition coefficient (Wildman–Crippen LogP) is 2.37. The normalized spacial score (nSPS) is 20.8. The lowest BCUT2D eigenvalue weighted by molar-refractivity contribution is -0.274. The van der Waals surface area contributed by atoms with E-state index in [1.165, 1.54) is 12.1 Å². The van der Waals surface area contributed by atoms with Gasteiger partial charge >= 0.3 is 6.36 Å². The van der Waals surface area contributed by atoms with Crippen molar-refractivity contribution in [1.82, 2.24) is 4.90 Å². The molecule has 23 heavy (non-hydrogen) atoms. The number of amides is 1. The van der Waals surface area contributed by atoms with Crippen LogP contribution in [-0.4, -0.2) is 47.5 Å². The number of nitrogens with zero attached hydrogens (tertiary/aromatic N) is 1. The number of aliphatic hydroxyl groups is 1. The lowest BCUT2D eigenvalue weighted by Crippen LogP contribution is -2.48. The van der Waals surface area contributed by atoms with Crippen LogP contribution in [-0.2, 0) is 4.79 Å². The Labute approximate surface area is 132 Å². The molecule has 1 aliphatic heterocycles. The lowest BCUT2D eigenvalue weighted by Gasteiger charge is -2.33. The van der Waals surface area contributed by atoms with Gasteiger partial charge in [0, 0.05) is 12.2 Å². The summed E-state index contributed by atoms with van der Waals surface area (Å²) in [6, 6.07) is 4.53. The van der Waals surface area contributed by atoms with Crippen molar-refractivity contribution in [2.24, 2.45) is 0 Å². The van der Waals surface area contributed by atoms with E-state index >= 15 is 0 Å². The molecule has 2 unspecified atom stereocenters. The minimum Gasteiger partial charge on any atom is -0.406 e. The molecule has 1 amide bonds. The molecule has 8 heteroatoms. The summed E-state index contributed by atoms with van der Waals surface area (Å²) in [6.45, 7) is 2.89. The molecule has 2 rings (SSSR count). The first-order valence-electron chi connectivity index (χ1n) is 7.33. The summed E-state index contributed by atoms with van der Waals surface area (Å²) >= 11 is 0. The minimum atomic E-state index is -4.74. The Bertz CT molecular complexity index is 534. The fraction of sp³-hybridized carbons (Fsp3) is 0.533. The molecular weight excluding hydrogens is 313 g/mol. The smallest absolute Gasteiger partial charge is 0.406 e. The number of likely N-dealkylation sites (tertiary alicyclic amines) is 1. The van der Waals surface area contributed by atoms with Crippen LogP contribution in [0.5, 0.6) is 5.75 Å². The molecule has 0 bridgehead atoms. The number of β-amino-alcohol motifs (C(OH)–C–C–N with tert-alkyl or cyclic N) is 1. The van der Waals surface area contributed by atoms with E-state index in [4.69, 9.17) is 0 Å². The van der Waals surface area contributed by atoms with Crippen molar-refractivity contribution in [1.29, 1.82) is 0 Å². The predicted molar refractivity (Wildman–Crippen MR) is 78.0 cm³/mol. The van der Waals surface area contributed by atoms with E-state index in [1.54, 1.807) is 6.92 Å². The van der Waals surface area contributed by atoms with Gasteiger partial charge in [-0.1, -0.05) is 0 Å². The Morgan fingerprint density at radius 1 is 1.39 bits per heavy atom. The van der Waals surface area contributed by atoms with Gasteiger partial charge in [-0.15, -0.1) is 13.2 Å². The van der Waals surface area contributed by atoms with Crippen molar-refractivity contribution in [3.05, 3.63) is 24.3 Å². The van der Waals surface area contributed by atoms with Gasteiger partial charge in [0.25, 0.3) is 0 Å². The maximum Gasteiger partial charge on any atom is 0.573 e. The fourth-order valence-corrected chi connectivity index (χ4v) is 2.49. The van der Waals surface area contributed by atoms with Gasteiger partial charge in [-0.05, 0) is 50.6 Å². The Balaban J connectivity index is 1.91. The van der Waals surface area contributed by atoms with Gasteiger partial charge in [0.05, 0.1) is 12.1 Å². The molecule has 1 heterocycles. The second kappa shape index (κ2) is 7.18. The lowest BCUT2D eigenvalue weighted by atomic mass is 10.1. The molecule has 1 fully saturated rings. The third kappa shape index (κ3) is 5.40. The maximum atomic E-state index is 12.2. The van der Waals surface area contributed by atoms with E-state index in [-0.39, 0.29) is 11.7 Å². The van der Waals surface area contributed by atoms with Crippen molar-refractivity contribution in [2.45, 2.75) is 38.3 Å². The van der Waals surface area contributed by atoms with Crippen molar-refractivity contribution < 1.29 is 27.8 Å². The van der Waals surface area contributed by atoms with Crippen LogP contribution in [0, 0.1) is 0 Å². The highest BCUT2D eigenvalue weighted by Gasteiger charge is 2.31. The fourth-order valence-electron chi connectivity index (χ4n) is 2.49. The van der Waals surface area contributed by atoms with Gasteiger partial charge in [0.2, 0.25) is 5.91 Å². The average Bonchev–Trinajstić information content (AvgIpc) is 2.47. The van der Waals surface area contributed by atoms with Gasteiger partial charge in [-0.2, -0.15) is 0 Å². The first-order chi connectivity index (χ1) is 10.7. The number of aliphatic hydroxyl groups excluding tert-OH is 1. The van der Waals surface area contributed by atoms with Crippen molar-refractivity contribution in [2.75, 3.05) is 18.4 Å². The molecule has 5 nitrogen and oxygen atoms in total. The molecule has 0 radical (unpaired) electrons. The van der Waals surface area contributed by atoms with E-state index in [0.29, 0.717) is 12.2 Å². The Morgan fingerprint density at radius 2 is 2.04 bits per heavy atom. The highest BCUT2D eigenvalue weighted by molar-refractivity contribution is 5.94. The Hall–Kier alpha value is -1.80. The molecule has 2 N–H and O–H groups in total. The summed E-state index contributed by atoms with van der Waals surface area (Å²) in [5.41, 5.74) is 0.383. The van der Waals surface area contributed by atoms with Crippen LogP contribution >= 0.6 is 0 Å². The molecule has 0 spiro atoms. The highest BCUT2D eigenvalue weighted by atomic mass is 19.4. The molecule has 0 aromatic heterocycles. The monoisotopic (exact) mass is 332 g/mol. The quantitative estimate of drug-likeness (QED) is 0.889. The number of benzene rings is 1. The van der Waals surface area contributed by atoms with E-state index in [1.807, 2.05) is 4.90 Å². The Morgan fingerprint density at radius 3 is 2.61 bits per heavy atom. The number of carbonyl (C=O) groups excluding carboxylic acids is 1. The third-order valence-corrected chi connectivity index (χ3v) is 3.71. The Kier molecular flexibility index (Phi) is 5.48. The van der Waals surface area contributed by atoms with Crippen LogP contribution in [0.15, 0.2) is 24.3 Å². The molecule has 0 saturated carbocycles. The van der Waals surface area contributed by atoms with Crippen LogP contribution in [0.2, 0.25) is 0 Å². The number of hydrogen-bond acceptors (Lipinski definition) is 4. The molecule has 1 aromatic rings. The van der Waals surface area contributed by atoms with Crippen LogP contribution in [0.4, 0.5) is 18.9 Å². The standard InChI is InChI=1S/C15H19F3N2O3/c1-10(20-8-2-3-12(21)9-20)14(22)19-11-4-6-13(7-5-11)23-15(16,17)18/h4-7,10,12,21H,2-3,8-9H2,1H3,(H,19,22). The summed E-state index contributed by atoms with van der Waals surface area (Å²) < 4.78 is 40.0. The van der Waals surface area contributed by atoms with E-state index in [0.717, 1.165) is 31.5 Å². The summed E-state index contributed by atoms with van der Waals surface area (Å²) in [6.07, 6.45) is -3.62. The summed E-state index contributed by atoms with van der Waals surface area (Å²) in [5, 5.41) is 12.3. The number of piperidine rings is 1. The third-order valence-electron chi connectivity index (χ3n) is 3.71. The van der Waals surface area contributed by atoms with E-state index in [2.05, 4.69) is 10.1 Å². The number of rotatable bonds is 4. The number of halogens is 3. The van der Waals surface area contributed by atoms with Crippen molar-refractivity contribution in [3.8, 4) is 5.75 Å². The number of alkyl halides is 3. The minimum absolute atomic E-state index is 0.274.